The molecule has 2 heteroatoms. The monoisotopic (exact) mass is 831 g/mol. The van der Waals surface area contributed by atoms with Crippen LogP contribution in [0.3, 0.4) is 0 Å². The molecule has 308 valence electrons. The Morgan fingerprint density at radius 3 is 1.40 bits per heavy atom. The van der Waals surface area contributed by atoms with Gasteiger partial charge in [0.25, 0.3) is 0 Å². The van der Waals surface area contributed by atoms with Crippen molar-refractivity contribution in [1.29, 1.82) is 0 Å². The van der Waals surface area contributed by atoms with Gasteiger partial charge < -0.3 is 9.30 Å². The number of benzene rings is 10. The Bertz CT molecular complexity index is 3350. The topological polar surface area (TPSA) is 14.2 Å². The maximum atomic E-state index is 5.52. The number of aromatic nitrogens is 1. The summed E-state index contributed by atoms with van der Waals surface area (Å²) in [6.45, 7) is 0. The first-order valence-electron chi connectivity index (χ1n) is 22.4. The van der Waals surface area contributed by atoms with Crippen molar-refractivity contribution in [1.82, 2.24) is 4.57 Å². The predicted molar refractivity (Wildman–Crippen MR) is 268 cm³/mol. The van der Waals surface area contributed by atoms with Gasteiger partial charge in [-0.05, 0) is 115 Å². The minimum Gasteiger partial charge on any atom is -0.497 e. The number of nitrogens with zero attached hydrogens (tertiary/aromatic N) is 1. The van der Waals surface area contributed by atoms with Crippen LogP contribution >= 0.6 is 0 Å². The Hall–Kier alpha value is -8.20. The molecule has 0 radical (unpaired) electrons. The van der Waals surface area contributed by atoms with Crippen LogP contribution in [0.25, 0.3) is 49.7 Å². The molecule has 0 saturated carbocycles. The summed E-state index contributed by atoms with van der Waals surface area (Å²) in [5, 5.41) is 2.45. The molecule has 1 aliphatic carbocycles. The molecule has 0 aliphatic heterocycles. The minimum atomic E-state index is -0.622. The SMILES string of the molecule is COc1ccc(-n2c3ccccc3c3cc(-c4ccc5c(c4)C(c4ccccc4)(c4ccccc4)c4cc(C(c6ccccc6)(c6ccccc6)c6ccccc6)ccc4-5)ccc32)cc1. The van der Waals surface area contributed by atoms with Gasteiger partial charge in [-0.3, -0.25) is 0 Å². The van der Waals surface area contributed by atoms with Crippen LogP contribution in [-0.4, -0.2) is 11.7 Å². The zero-order chi connectivity index (χ0) is 43.4. The average Bonchev–Trinajstić information content (AvgIpc) is 3.88. The molecule has 0 amide bonds. The van der Waals surface area contributed by atoms with Crippen LogP contribution in [-0.2, 0) is 10.8 Å². The minimum absolute atomic E-state index is 0.599. The smallest absolute Gasteiger partial charge is 0.119 e. The highest BCUT2D eigenvalue weighted by atomic mass is 16.5. The van der Waals surface area contributed by atoms with E-state index >= 15 is 0 Å². The van der Waals surface area contributed by atoms with E-state index < -0.39 is 10.8 Å². The van der Waals surface area contributed by atoms with Crippen LogP contribution in [0.1, 0.15) is 44.5 Å². The Balaban J connectivity index is 1.12. The number of methoxy groups -OCH3 is 1. The highest BCUT2D eigenvalue weighted by Gasteiger charge is 2.48. The van der Waals surface area contributed by atoms with Gasteiger partial charge in [-0.15, -0.1) is 0 Å². The summed E-state index contributed by atoms with van der Waals surface area (Å²) in [6, 6.07) is 94.1. The Labute approximate surface area is 380 Å². The molecule has 0 atom stereocenters. The van der Waals surface area contributed by atoms with Crippen LogP contribution in [0.15, 0.2) is 255 Å². The number of rotatable bonds is 9. The molecule has 1 aromatic heterocycles. The summed E-state index contributed by atoms with van der Waals surface area (Å²) < 4.78 is 7.88. The summed E-state index contributed by atoms with van der Waals surface area (Å²) in [5.41, 5.74) is 17.0. The fourth-order valence-electron chi connectivity index (χ4n) is 11.1. The Kier molecular flexibility index (Phi) is 9.21. The lowest BCUT2D eigenvalue weighted by atomic mass is 9.63. The average molecular weight is 832 g/mol. The largest absolute Gasteiger partial charge is 0.497 e. The second kappa shape index (κ2) is 15.6. The lowest BCUT2D eigenvalue weighted by Crippen LogP contribution is -2.33. The number of para-hydroxylation sites is 1. The van der Waals surface area contributed by atoms with Gasteiger partial charge in [-0.2, -0.15) is 0 Å². The van der Waals surface area contributed by atoms with Crippen molar-refractivity contribution in [2.75, 3.05) is 7.11 Å². The molecule has 10 aromatic carbocycles. The maximum absolute atomic E-state index is 5.52. The van der Waals surface area contributed by atoms with Crippen molar-refractivity contribution in [2.24, 2.45) is 0 Å². The zero-order valence-electron chi connectivity index (χ0n) is 36.1. The fourth-order valence-corrected chi connectivity index (χ4v) is 11.1. The molecular weight excluding hydrogens is 787 g/mol. The molecule has 1 aliphatic rings. The van der Waals surface area contributed by atoms with Gasteiger partial charge in [0.05, 0.1) is 29.0 Å². The molecule has 65 heavy (non-hydrogen) atoms. The second-order valence-electron chi connectivity index (χ2n) is 17.1. The lowest BCUT2D eigenvalue weighted by molar-refractivity contribution is 0.415. The molecule has 1 heterocycles. The van der Waals surface area contributed by atoms with E-state index in [-0.39, 0.29) is 0 Å². The van der Waals surface area contributed by atoms with Crippen molar-refractivity contribution < 1.29 is 4.74 Å². The lowest BCUT2D eigenvalue weighted by Gasteiger charge is -2.39. The van der Waals surface area contributed by atoms with Gasteiger partial charge in [0, 0.05) is 16.5 Å². The fraction of sp³-hybridized carbons (Fsp3) is 0.0476. The summed E-state index contributed by atoms with van der Waals surface area (Å²) >= 11 is 0. The van der Waals surface area contributed by atoms with E-state index in [2.05, 4.69) is 247 Å². The predicted octanol–water partition coefficient (Wildman–Crippen LogP) is 15.2. The molecule has 11 aromatic rings. The van der Waals surface area contributed by atoms with E-state index in [0.29, 0.717) is 0 Å². The number of ether oxygens (including phenoxy) is 1. The third kappa shape index (κ3) is 5.88. The molecule has 0 N–H and O–H groups in total. The van der Waals surface area contributed by atoms with E-state index in [1.807, 2.05) is 12.1 Å². The third-order valence-corrected chi connectivity index (χ3v) is 13.9. The molecule has 0 bridgehead atoms. The highest BCUT2D eigenvalue weighted by molar-refractivity contribution is 6.10. The third-order valence-electron chi connectivity index (χ3n) is 13.9. The van der Waals surface area contributed by atoms with Crippen LogP contribution in [0, 0.1) is 0 Å². The van der Waals surface area contributed by atoms with Crippen LogP contribution < -0.4 is 4.74 Å². The van der Waals surface area contributed by atoms with Crippen LogP contribution in [0.4, 0.5) is 0 Å². The molecule has 0 fully saturated rings. The molecule has 12 rings (SSSR count). The normalized spacial score (nSPS) is 12.8. The van der Waals surface area contributed by atoms with Gasteiger partial charge >= 0.3 is 0 Å². The zero-order valence-corrected chi connectivity index (χ0v) is 36.1. The second-order valence-corrected chi connectivity index (χ2v) is 17.1. The van der Waals surface area contributed by atoms with Crippen molar-refractivity contribution >= 4 is 21.8 Å². The van der Waals surface area contributed by atoms with Crippen molar-refractivity contribution in [3.8, 4) is 33.7 Å². The van der Waals surface area contributed by atoms with E-state index in [9.17, 15) is 0 Å². The van der Waals surface area contributed by atoms with Crippen LogP contribution in [0.2, 0.25) is 0 Å². The first-order valence-corrected chi connectivity index (χ1v) is 22.4. The quantitative estimate of drug-likeness (QED) is 0.132. The van der Waals surface area contributed by atoms with Gasteiger partial charge in [0.15, 0.2) is 0 Å². The van der Waals surface area contributed by atoms with Gasteiger partial charge in [0.2, 0.25) is 0 Å². The Morgan fingerprint density at radius 1 is 0.369 bits per heavy atom. The highest BCUT2D eigenvalue weighted by Crippen LogP contribution is 2.58. The van der Waals surface area contributed by atoms with Crippen LogP contribution in [0.5, 0.6) is 5.75 Å². The van der Waals surface area contributed by atoms with Gasteiger partial charge in [-0.25, -0.2) is 0 Å². The van der Waals surface area contributed by atoms with Crippen molar-refractivity contribution in [3.05, 3.63) is 299 Å². The van der Waals surface area contributed by atoms with E-state index in [1.165, 1.54) is 88.6 Å². The number of hydrogen-bond acceptors (Lipinski definition) is 1. The first-order chi connectivity index (χ1) is 32.2. The standard InChI is InChI=1S/C63H45NO/c1-65-53-36-34-52(35-37-53)64-60-30-18-17-29-56(60)57-41-44(32-40-61(57)64)45-31-38-54-55-39-33-51(43-59(55)63(58(54)42-45,49-25-13-5-14-26-49)50-27-15-6-16-28-50)62(46-19-7-2-8-20-46,47-21-9-3-10-22-47)48-23-11-4-12-24-48/h2-43H,1H3. The first kappa shape index (κ1) is 38.5. The van der Waals surface area contributed by atoms with Gasteiger partial charge in [-0.1, -0.05) is 206 Å². The molecule has 0 unspecified atom stereocenters. The number of fused-ring (bicyclic) bond motifs is 6. The summed E-state index contributed by atoms with van der Waals surface area (Å²) in [4.78, 5) is 0. The Morgan fingerprint density at radius 2 is 0.831 bits per heavy atom. The molecule has 0 saturated heterocycles. The van der Waals surface area contributed by atoms with E-state index in [1.54, 1.807) is 7.11 Å². The summed E-state index contributed by atoms with van der Waals surface area (Å²) in [5.74, 6) is 0.844. The molecule has 0 spiro atoms. The summed E-state index contributed by atoms with van der Waals surface area (Å²) in [7, 11) is 1.71. The molecular formula is C63H45NO. The molecule has 2 nitrogen and oxygen atoms in total. The van der Waals surface area contributed by atoms with E-state index in [0.717, 1.165) is 11.4 Å². The van der Waals surface area contributed by atoms with E-state index in [4.69, 9.17) is 4.74 Å². The van der Waals surface area contributed by atoms with Gasteiger partial charge in [0.1, 0.15) is 5.75 Å². The summed E-state index contributed by atoms with van der Waals surface area (Å²) in [6.07, 6.45) is 0. The van der Waals surface area contributed by atoms with Crippen molar-refractivity contribution in [2.45, 2.75) is 10.8 Å². The van der Waals surface area contributed by atoms with Crippen molar-refractivity contribution in [3.63, 3.8) is 0 Å². The number of hydrogen-bond donors (Lipinski definition) is 0. The maximum Gasteiger partial charge on any atom is 0.119 e.